The number of carbonyl (C=O) groups excluding carboxylic acids is 2. The van der Waals surface area contributed by atoms with E-state index in [1.54, 1.807) is 24.0 Å². The summed E-state index contributed by atoms with van der Waals surface area (Å²) in [6.45, 7) is 2.68. The number of hydrogen-bond acceptors (Lipinski definition) is 4. The molecule has 0 aliphatic carbocycles. The van der Waals surface area contributed by atoms with E-state index in [1.807, 2.05) is 0 Å². The molecule has 1 unspecified atom stereocenters. The molecule has 1 aromatic carbocycles. The third-order valence-electron chi connectivity index (χ3n) is 3.47. The van der Waals surface area contributed by atoms with E-state index in [9.17, 15) is 14.7 Å². The Morgan fingerprint density at radius 2 is 2.16 bits per heavy atom. The van der Waals surface area contributed by atoms with Gasteiger partial charge in [-0.15, -0.1) is 0 Å². The van der Waals surface area contributed by atoms with Crippen LogP contribution in [0.2, 0.25) is 0 Å². The second-order valence-electron chi connectivity index (χ2n) is 4.76. The van der Waals surface area contributed by atoms with Gasteiger partial charge >= 0.3 is 5.97 Å². The minimum Gasteiger partial charge on any atom is -0.508 e. The number of methoxy groups -OCH3 is 1. The number of nitrogens with zero attached hydrogens (tertiary/aromatic N) is 1. The van der Waals surface area contributed by atoms with Gasteiger partial charge in [0, 0.05) is 18.7 Å². The number of amides is 1. The zero-order chi connectivity index (χ0) is 14.0. The lowest BCUT2D eigenvalue weighted by Crippen LogP contribution is -2.30. The van der Waals surface area contributed by atoms with E-state index in [-0.39, 0.29) is 23.5 Å². The SMILES string of the molecule is COC(=O)C1CCN(C(=O)c2ccc(C)c(O)c2)C1. The summed E-state index contributed by atoms with van der Waals surface area (Å²) in [6.07, 6.45) is 0.621. The Kier molecular flexibility index (Phi) is 3.74. The summed E-state index contributed by atoms with van der Waals surface area (Å²) < 4.78 is 4.69. The monoisotopic (exact) mass is 263 g/mol. The molecule has 2 rings (SSSR count). The summed E-state index contributed by atoms with van der Waals surface area (Å²) in [4.78, 5) is 25.3. The minimum absolute atomic E-state index is 0.106. The van der Waals surface area contributed by atoms with Crippen LogP contribution in [0, 0.1) is 12.8 Å². The quantitative estimate of drug-likeness (QED) is 0.818. The summed E-state index contributed by atoms with van der Waals surface area (Å²) in [5.74, 6) is -0.577. The smallest absolute Gasteiger partial charge is 0.310 e. The predicted octanol–water partition coefficient (Wildman–Crippen LogP) is 1.34. The molecule has 5 heteroatoms. The molecule has 1 amide bonds. The Morgan fingerprint density at radius 3 is 2.79 bits per heavy atom. The van der Waals surface area contributed by atoms with Crippen LogP contribution in [0.25, 0.3) is 0 Å². The van der Waals surface area contributed by atoms with Crippen molar-refractivity contribution in [3.63, 3.8) is 0 Å². The van der Waals surface area contributed by atoms with E-state index < -0.39 is 0 Å². The summed E-state index contributed by atoms with van der Waals surface area (Å²) in [6, 6.07) is 4.85. The van der Waals surface area contributed by atoms with Gasteiger partial charge < -0.3 is 14.7 Å². The lowest BCUT2D eigenvalue weighted by Gasteiger charge is -2.16. The van der Waals surface area contributed by atoms with Gasteiger partial charge in [0.1, 0.15) is 5.75 Å². The number of aryl methyl sites for hydroxylation is 1. The highest BCUT2D eigenvalue weighted by Crippen LogP contribution is 2.22. The van der Waals surface area contributed by atoms with Crippen LogP contribution in [0.5, 0.6) is 5.75 Å². The van der Waals surface area contributed by atoms with E-state index in [1.165, 1.54) is 13.2 Å². The van der Waals surface area contributed by atoms with Crippen molar-refractivity contribution in [2.75, 3.05) is 20.2 Å². The summed E-state index contributed by atoms with van der Waals surface area (Å²) in [5.41, 5.74) is 1.17. The molecule has 5 nitrogen and oxygen atoms in total. The molecule has 0 spiro atoms. The van der Waals surface area contributed by atoms with Gasteiger partial charge in [0.25, 0.3) is 5.91 Å². The molecule has 0 radical (unpaired) electrons. The van der Waals surface area contributed by atoms with E-state index >= 15 is 0 Å². The largest absolute Gasteiger partial charge is 0.508 e. The lowest BCUT2D eigenvalue weighted by atomic mass is 10.1. The Labute approximate surface area is 111 Å². The molecule has 102 valence electrons. The first-order valence-electron chi connectivity index (χ1n) is 6.19. The van der Waals surface area contributed by atoms with Crippen LogP contribution in [-0.4, -0.2) is 42.1 Å². The molecule has 1 aliphatic rings. The van der Waals surface area contributed by atoms with Crippen LogP contribution in [0.4, 0.5) is 0 Å². The molecule has 1 heterocycles. The van der Waals surface area contributed by atoms with Gasteiger partial charge in [-0.1, -0.05) is 6.07 Å². The molecular formula is C14H17NO4. The number of phenolic OH excluding ortho intramolecular Hbond substituents is 1. The molecule has 1 aromatic rings. The maximum absolute atomic E-state index is 12.2. The Hall–Kier alpha value is -2.04. The Balaban J connectivity index is 2.09. The highest BCUT2D eigenvalue weighted by molar-refractivity contribution is 5.95. The van der Waals surface area contributed by atoms with Gasteiger partial charge in [0.05, 0.1) is 13.0 Å². The van der Waals surface area contributed by atoms with Crippen molar-refractivity contribution in [2.45, 2.75) is 13.3 Å². The average molecular weight is 263 g/mol. The fourth-order valence-corrected chi connectivity index (χ4v) is 2.23. The second kappa shape index (κ2) is 5.30. The molecule has 0 aromatic heterocycles. The predicted molar refractivity (Wildman–Crippen MR) is 68.9 cm³/mol. The molecule has 1 aliphatic heterocycles. The first-order chi connectivity index (χ1) is 9.02. The number of hydrogen-bond donors (Lipinski definition) is 1. The molecule has 19 heavy (non-hydrogen) atoms. The van der Waals surface area contributed by atoms with Crippen molar-refractivity contribution in [2.24, 2.45) is 5.92 Å². The van der Waals surface area contributed by atoms with Crippen LogP contribution in [0.3, 0.4) is 0 Å². The van der Waals surface area contributed by atoms with Crippen molar-refractivity contribution in [1.29, 1.82) is 0 Å². The fourth-order valence-electron chi connectivity index (χ4n) is 2.23. The van der Waals surface area contributed by atoms with Crippen LogP contribution < -0.4 is 0 Å². The second-order valence-corrected chi connectivity index (χ2v) is 4.76. The highest BCUT2D eigenvalue weighted by Gasteiger charge is 2.32. The Bertz CT molecular complexity index is 512. The van der Waals surface area contributed by atoms with Crippen LogP contribution in [0.1, 0.15) is 22.3 Å². The van der Waals surface area contributed by atoms with Crippen LogP contribution >= 0.6 is 0 Å². The fraction of sp³-hybridized carbons (Fsp3) is 0.429. The van der Waals surface area contributed by atoms with Crippen molar-refractivity contribution in [3.05, 3.63) is 29.3 Å². The minimum atomic E-state index is -0.276. The molecule has 1 saturated heterocycles. The topological polar surface area (TPSA) is 66.8 Å². The van der Waals surface area contributed by atoms with Crippen molar-refractivity contribution < 1.29 is 19.4 Å². The molecule has 1 N–H and O–H groups in total. The zero-order valence-corrected chi connectivity index (χ0v) is 11.0. The third-order valence-corrected chi connectivity index (χ3v) is 3.47. The lowest BCUT2D eigenvalue weighted by molar-refractivity contribution is -0.144. The van der Waals surface area contributed by atoms with Gasteiger partial charge in [-0.2, -0.15) is 0 Å². The number of aromatic hydroxyl groups is 1. The summed E-state index contributed by atoms with van der Waals surface area (Å²) >= 11 is 0. The van der Waals surface area contributed by atoms with Gasteiger partial charge in [-0.3, -0.25) is 9.59 Å². The average Bonchev–Trinajstić information content (AvgIpc) is 2.89. The Morgan fingerprint density at radius 1 is 1.42 bits per heavy atom. The van der Waals surface area contributed by atoms with Crippen LogP contribution in [-0.2, 0) is 9.53 Å². The van der Waals surface area contributed by atoms with Crippen molar-refractivity contribution in [1.82, 2.24) is 4.90 Å². The maximum atomic E-state index is 12.2. The highest BCUT2D eigenvalue weighted by atomic mass is 16.5. The number of carbonyl (C=O) groups is 2. The molecular weight excluding hydrogens is 246 g/mol. The van der Waals surface area contributed by atoms with E-state index in [2.05, 4.69) is 4.74 Å². The normalized spacial score (nSPS) is 18.4. The van der Waals surface area contributed by atoms with E-state index in [0.717, 1.165) is 5.56 Å². The zero-order valence-electron chi connectivity index (χ0n) is 11.0. The molecule has 1 atom stereocenters. The van der Waals surface area contributed by atoms with Crippen molar-refractivity contribution in [3.8, 4) is 5.75 Å². The van der Waals surface area contributed by atoms with Gasteiger partial charge in [-0.05, 0) is 31.0 Å². The third kappa shape index (κ3) is 2.70. The number of rotatable bonds is 2. The number of benzene rings is 1. The molecule has 0 saturated carbocycles. The first-order valence-corrected chi connectivity index (χ1v) is 6.19. The van der Waals surface area contributed by atoms with Crippen LogP contribution in [0.15, 0.2) is 18.2 Å². The number of likely N-dealkylation sites (tertiary alicyclic amines) is 1. The van der Waals surface area contributed by atoms with Gasteiger partial charge in [0.15, 0.2) is 0 Å². The number of ether oxygens (including phenoxy) is 1. The number of esters is 1. The van der Waals surface area contributed by atoms with Gasteiger partial charge in [-0.25, -0.2) is 0 Å². The molecule has 1 fully saturated rings. The maximum Gasteiger partial charge on any atom is 0.310 e. The standard InChI is InChI=1S/C14H17NO4/c1-9-3-4-10(7-12(9)16)13(17)15-6-5-11(8-15)14(18)19-2/h3-4,7,11,16H,5-6,8H2,1-2H3. The summed E-state index contributed by atoms with van der Waals surface area (Å²) in [7, 11) is 1.35. The van der Waals surface area contributed by atoms with E-state index in [4.69, 9.17) is 0 Å². The first kappa shape index (κ1) is 13.4. The molecule has 0 bridgehead atoms. The van der Waals surface area contributed by atoms with E-state index in [0.29, 0.717) is 25.1 Å². The summed E-state index contributed by atoms with van der Waals surface area (Å²) in [5, 5.41) is 9.63. The van der Waals surface area contributed by atoms with Gasteiger partial charge in [0.2, 0.25) is 0 Å². The van der Waals surface area contributed by atoms with Crippen molar-refractivity contribution >= 4 is 11.9 Å². The number of phenols is 1.